The Morgan fingerprint density at radius 2 is 2.30 bits per heavy atom. The Kier molecular flexibility index (Phi) is 4.57. The fourth-order valence-corrected chi connectivity index (χ4v) is 1.95. The zero-order valence-corrected chi connectivity index (χ0v) is 11.6. The molecule has 0 spiro atoms. The number of anilines is 1. The minimum absolute atomic E-state index is 0.00441. The summed E-state index contributed by atoms with van der Waals surface area (Å²) < 4.78 is 5.24. The van der Waals surface area contributed by atoms with Crippen LogP contribution in [0, 0.1) is 10.1 Å². The average Bonchev–Trinajstić information content (AvgIpc) is 2.89. The largest absolute Gasteiger partial charge is 0.469 e. The van der Waals surface area contributed by atoms with Crippen LogP contribution < -0.4 is 5.32 Å². The average molecular weight is 296 g/mol. The highest BCUT2D eigenvalue weighted by Gasteiger charge is 2.17. The second-order valence-electron chi connectivity index (χ2n) is 4.42. The molecule has 2 aromatic rings. The normalized spacial score (nSPS) is 12.1. The van der Waals surface area contributed by atoms with E-state index in [2.05, 4.69) is 10.3 Å². The summed E-state index contributed by atoms with van der Waals surface area (Å²) in [4.78, 5) is 14.4. The van der Waals surface area contributed by atoms with Crippen molar-refractivity contribution in [2.45, 2.75) is 25.8 Å². The van der Waals surface area contributed by atoms with Gasteiger partial charge in [0, 0.05) is 18.5 Å². The molecule has 6 nitrogen and oxygen atoms in total. The van der Waals surface area contributed by atoms with Gasteiger partial charge in [0.05, 0.1) is 11.2 Å². The van der Waals surface area contributed by atoms with Gasteiger partial charge in [0.2, 0.25) is 5.82 Å². The summed E-state index contributed by atoms with van der Waals surface area (Å²) in [5.74, 6) is 1.07. The maximum atomic E-state index is 10.9. The van der Waals surface area contributed by atoms with Crippen molar-refractivity contribution in [2.75, 3.05) is 5.32 Å². The molecule has 0 bridgehead atoms. The maximum absolute atomic E-state index is 10.9. The van der Waals surface area contributed by atoms with Crippen molar-refractivity contribution in [3.05, 3.63) is 51.6 Å². The standard InChI is InChI=1S/C13H14ClN3O3/c1-9(4-5-10-3-2-8-20-10)15-13-11(17(18)19)6-7-12(14)16-13/h2-3,6-9H,4-5H2,1H3,(H,15,16). The van der Waals surface area contributed by atoms with Crippen LogP contribution in [-0.2, 0) is 6.42 Å². The number of pyridine rings is 1. The number of aromatic nitrogens is 1. The molecule has 0 amide bonds. The van der Waals surface area contributed by atoms with Gasteiger partial charge in [0.25, 0.3) is 0 Å². The zero-order chi connectivity index (χ0) is 14.5. The molecule has 0 aliphatic heterocycles. The van der Waals surface area contributed by atoms with Crippen LogP contribution in [0.3, 0.4) is 0 Å². The van der Waals surface area contributed by atoms with E-state index >= 15 is 0 Å². The monoisotopic (exact) mass is 295 g/mol. The molecule has 0 radical (unpaired) electrons. The summed E-state index contributed by atoms with van der Waals surface area (Å²) >= 11 is 5.77. The molecule has 0 saturated heterocycles. The van der Waals surface area contributed by atoms with Crippen LogP contribution in [0.15, 0.2) is 34.9 Å². The van der Waals surface area contributed by atoms with Gasteiger partial charge in [-0.3, -0.25) is 10.1 Å². The fraction of sp³-hybridized carbons (Fsp3) is 0.308. The SMILES string of the molecule is CC(CCc1ccco1)Nc1nc(Cl)ccc1[N+](=O)[O-]. The van der Waals surface area contributed by atoms with Crippen LogP contribution >= 0.6 is 11.6 Å². The Morgan fingerprint density at radius 3 is 2.95 bits per heavy atom. The van der Waals surface area contributed by atoms with Gasteiger partial charge in [-0.05, 0) is 31.5 Å². The summed E-state index contributed by atoms with van der Waals surface area (Å²) in [6, 6.07) is 6.48. The summed E-state index contributed by atoms with van der Waals surface area (Å²) in [6.45, 7) is 1.93. The first-order valence-corrected chi connectivity index (χ1v) is 6.54. The van der Waals surface area contributed by atoms with Crippen molar-refractivity contribution in [1.29, 1.82) is 0 Å². The van der Waals surface area contributed by atoms with Crippen molar-refractivity contribution in [2.24, 2.45) is 0 Å². The first-order chi connectivity index (χ1) is 9.56. The van der Waals surface area contributed by atoms with Crippen LogP contribution in [-0.4, -0.2) is 15.9 Å². The Bertz CT molecular complexity index is 587. The third-order valence-electron chi connectivity index (χ3n) is 2.82. The third kappa shape index (κ3) is 3.71. The molecule has 7 heteroatoms. The number of nitrogens with one attached hydrogen (secondary N) is 1. The topological polar surface area (TPSA) is 81.2 Å². The summed E-state index contributed by atoms with van der Waals surface area (Å²) in [5.41, 5.74) is -0.0840. The molecular weight excluding hydrogens is 282 g/mol. The van der Waals surface area contributed by atoms with Crippen LogP contribution in [0.25, 0.3) is 0 Å². The van der Waals surface area contributed by atoms with Crippen LogP contribution in [0.4, 0.5) is 11.5 Å². The molecule has 2 rings (SSSR count). The number of hydrogen-bond acceptors (Lipinski definition) is 5. The number of nitrogens with zero attached hydrogens (tertiary/aromatic N) is 2. The van der Waals surface area contributed by atoms with E-state index in [4.69, 9.17) is 16.0 Å². The second-order valence-corrected chi connectivity index (χ2v) is 4.81. The first-order valence-electron chi connectivity index (χ1n) is 6.16. The van der Waals surface area contributed by atoms with Crippen molar-refractivity contribution in [3.63, 3.8) is 0 Å². The van der Waals surface area contributed by atoms with Crippen LogP contribution in [0.5, 0.6) is 0 Å². The van der Waals surface area contributed by atoms with Gasteiger partial charge in [0.1, 0.15) is 10.9 Å². The van der Waals surface area contributed by atoms with Gasteiger partial charge in [-0.15, -0.1) is 0 Å². The number of hydrogen-bond donors (Lipinski definition) is 1. The number of rotatable bonds is 6. The molecule has 2 heterocycles. The van der Waals surface area contributed by atoms with E-state index in [1.165, 1.54) is 12.1 Å². The molecule has 0 fully saturated rings. The van der Waals surface area contributed by atoms with Gasteiger partial charge in [-0.1, -0.05) is 11.6 Å². The van der Waals surface area contributed by atoms with E-state index < -0.39 is 4.92 Å². The number of furan rings is 1. The quantitative estimate of drug-likeness (QED) is 0.499. The van der Waals surface area contributed by atoms with Crippen molar-refractivity contribution < 1.29 is 9.34 Å². The summed E-state index contributed by atoms with van der Waals surface area (Å²) in [7, 11) is 0. The third-order valence-corrected chi connectivity index (χ3v) is 3.03. The molecule has 2 aromatic heterocycles. The molecule has 1 N–H and O–H groups in total. The number of halogens is 1. The van der Waals surface area contributed by atoms with Gasteiger partial charge in [-0.2, -0.15) is 0 Å². The Balaban J connectivity index is 2.01. The molecule has 20 heavy (non-hydrogen) atoms. The highest BCUT2D eigenvalue weighted by molar-refractivity contribution is 6.29. The first kappa shape index (κ1) is 14.3. The molecule has 106 valence electrons. The number of aryl methyl sites for hydroxylation is 1. The van der Waals surface area contributed by atoms with E-state index in [1.807, 2.05) is 19.1 Å². The van der Waals surface area contributed by atoms with E-state index in [0.717, 1.165) is 18.6 Å². The van der Waals surface area contributed by atoms with Crippen molar-refractivity contribution in [3.8, 4) is 0 Å². The lowest BCUT2D eigenvalue weighted by Gasteiger charge is -2.13. The molecule has 0 aliphatic rings. The smallest absolute Gasteiger partial charge is 0.311 e. The molecular formula is C13H14ClN3O3. The number of nitro groups is 1. The van der Waals surface area contributed by atoms with Gasteiger partial charge < -0.3 is 9.73 Å². The predicted molar refractivity (Wildman–Crippen MR) is 76.0 cm³/mol. The minimum atomic E-state index is -0.481. The van der Waals surface area contributed by atoms with E-state index in [1.54, 1.807) is 6.26 Å². The lowest BCUT2D eigenvalue weighted by Crippen LogP contribution is -2.17. The molecule has 0 saturated carbocycles. The van der Waals surface area contributed by atoms with Crippen LogP contribution in [0.1, 0.15) is 19.1 Å². The Morgan fingerprint density at radius 1 is 1.50 bits per heavy atom. The van der Waals surface area contributed by atoms with Gasteiger partial charge in [0.15, 0.2) is 0 Å². The molecule has 1 unspecified atom stereocenters. The summed E-state index contributed by atoms with van der Waals surface area (Å²) in [5, 5.41) is 14.2. The highest BCUT2D eigenvalue weighted by atomic mass is 35.5. The minimum Gasteiger partial charge on any atom is -0.469 e. The van der Waals surface area contributed by atoms with Gasteiger partial charge in [-0.25, -0.2) is 4.98 Å². The molecule has 0 aromatic carbocycles. The highest BCUT2D eigenvalue weighted by Crippen LogP contribution is 2.25. The maximum Gasteiger partial charge on any atom is 0.311 e. The van der Waals surface area contributed by atoms with Crippen LogP contribution in [0.2, 0.25) is 5.15 Å². The second kappa shape index (κ2) is 6.38. The lowest BCUT2D eigenvalue weighted by molar-refractivity contribution is -0.384. The predicted octanol–water partition coefficient (Wildman–Crippen LogP) is 3.67. The van der Waals surface area contributed by atoms with E-state index in [9.17, 15) is 10.1 Å². The van der Waals surface area contributed by atoms with E-state index in [0.29, 0.717) is 0 Å². The zero-order valence-electron chi connectivity index (χ0n) is 10.9. The van der Waals surface area contributed by atoms with Crippen molar-refractivity contribution in [1.82, 2.24) is 4.98 Å². The van der Waals surface area contributed by atoms with Crippen molar-refractivity contribution >= 4 is 23.1 Å². The summed E-state index contributed by atoms with van der Waals surface area (Å²) in [6.07, 6.45) is 3.13. The Labute approximate surface area is 120 Å². The molecule has 0 aliphatic carbocycles. The molecule has 1 atom stereocenters. The lowest BCUT2D eigenvalue weighted by atomic mass is 10.1. The Hall–Kier alpha value is -2.08. The van der Waals surface area contributed by atoms with Gasteiger partial charge >= 0.3 is 5.69 Å². The fourth-order valence-electron chi connectivity index (χ4n) is 1.80. The van der Waals surface area contributed by atoms with E-state index in [-0.39, 0.29) is 22.7 Å².